The molecule has 156 valence electrons. The molecule has 4 aromatic rings. The molecule has 31 heavy (non-hydrogen) atoms. The van der Waals surface area contributed by atoms with Gasteiger partial charge in [-0.05, 0) is 42.3 Å². The number of carbonyl (C=O) groups is 1. The van der Waals surface area contributed by atoms with Gasteiger partial charge in [-0.2, -0.15) is 5.10 Å². The summed E-state index contributed by atoms with van der Waals surface area (Å²) in [6.07, 6.45) is 3.00. The van der Waals surface area contributed by atoms with Crippen LogP contribution in [0.1, 0.15) is 24.1 Å². The van der Waals surface area contributed by atoms with Crippen molar-refractivity contribution in [3.8, 4) is 5.75 Å². The Bertz CT molecular complexity index is 1080. The maximum Gasteiger partial charge on any atom is 0.251 e. The van der Waals surface area contributed by atoms with Crippen molar-refractivity contribution in [3.63, 3.8) is 0 Å². The Kier molecular flexibility index (Phi) is 6.38. The van der Waals surface area contributed by atoms with Gasteiger partial charge < -0.3 is 9.64 Å². The van der Waals surface area contributed by atoms with Crippen molar-refractivity contribution in [2.24, 2.45) is 0 Å². The van der Waals surface area contributed by atoms with E-state index in [1.54, 1.807) is 15.9 Å². The Balaban J connectivity index is 1.48. The average molecular weight is 412 g/mol. The van der Waals surface area contributed by atoms with Crippen LogP contribution < -0.4 is 9.64 Å². The first-order valence-corrected chi connectivity index (χ1v) is 10.2. The molecular formula is C25H24N4O2. The monoisotopic (exact) mass is 412 g/mol. The Hall–Kier alpha value is -3.93. The molecule has 6 heteroatoms. The molecule has 0 radical (unpaired) electrons. The van der Waals surface area contributed by atoms with E-state index in [0.29, 0.717) is 13.2 Å². The minimum absolute atomic E-state index is 0.0545. The summed E-state index contributed by atoms with van der Waals surface area (Å²) in [7, 11) is 0. The van der Waals surface area contributed by atoms with Crippen LogP contribution in [0.3, 0.4) is 0 Å². The molecule has 1 unspecified atom stereocenters. The minimum atomic E-state index is -0.462. The summed E-state index contributed by atoms with van der Waals surface area (Å²) in [5, 5.41) is 4.12. The lowest BCUT2D eigenvalue weighted by atomic mass is 10.1. The molecule has 0 aliphatic rings. The van der Waals surface area contributed by atoms with Crippen molar-refractivity contribution < 1.29 is 9.53 Å². The lowest BCUT2D eigenvalue weighted by Crippen LogP contribution is -2.36. The molecule has 0 saturated carbocycles. The van der Waals surface area contributed by atoms with Gasteiger partial charge in [-0.3, -0.25) is 4.79 Å². The van der Waals surface area contributed by atoms with Crippen LogP contribution in [0.15, 0.2) is 97.6 Å². The Morgan fingerprint density at radius 1 is 0.935 bits per heavy atom. The first-order valence-electron chi connectivity index (χ1n) is 10.2. The van der Waals surface area contributed by atoms with E-state index in [0.717, 1.165) is 22.6 Å². The summed E-state index contributed by atoms with van der Waals surface area (Å²) in [6.45, 7) is 2.79. The maximum absolute atomic E-state index is 13.3. The zero-order chi connectivity index (χ0) is 21.5. The second-order valence-electron chi connectivity index (χ2n) is 7.23. The van der Waals surface area contributed by atoms with Crippen molar-refractivity contribution in [1.82, 2.24) is 14.8 Å². The minimum Gasteiger partial charge on any atom is -0.489 e. The first kappa shape index (κ1) is 20.3. The summed E-state index contributed by atoms with van der Waals surface area (Å²) in [5.74, 6) is 0.738. The quantitative estimate of drug-likeness (QED) is 0.423. The highest BCUT2D eigenvalue weighted by Crippen LogP contribution is 2.22. The SMILES string of the molecule is CC(C(=O)N(Cc1ccc(OCc2ccccc2)cc1)c1ccccc1)n1cncn1. The molecular weight excluding hydrogens is 388 g/mol. The van der Waals surface area contributed by atoms with E-state index >= 15 is 0 Å². The normalized spacial score (nSPS) is 11.6. The van der Waals surface area contributed by atoms with Crippen LogP contribution in [-0.4, -0.2) is 20.7 Å². The third-order valence-corrected chi connectivity index (χ3v) is 5.04. The third kappa shape index (κ3) is 5.17. The van der Waals surface area contributed by atoms with Gasteiger partial charge in [0.25, 0.3) is 5.91 Å². The van der Waals surface area contributed by atoms with E-state index in [1.807, 2.05) is 91.9 Å². The highest BCUT2D eigenvalue weighted by atomic mass is 16.5. The molecule has 0 saturated heterocycles. The van der Waals surface area contributed by atoms with Gasteiger partial charge in [0.05, 0.1) is 6.54 Å². The van der Waals surface area contributed by atoms with Gasteiger partial charge in [-0.1, -0.05) is 60.7 Å². The zero-order valence-corrected chi connectivity index (χ0v) is 17.3. The highest BCUT2D eigenvalue weighted by Gasteiger charge is 2.24. The number of ether oxygens (including phenoxy) is 1. The fourth-order valence-electron chi connectivity index (χ4n) is 3.28. The predicted octanol–water partition coefficient (Wildman–Crippen LogP) is 4.65. The van der Waals surface area contributed by atoms with Gasteiger partial charge in [-0.25, -0.2) is 9.67 Å². The summed E-state index contributed by atoms with van der Waals surface area (Å²) in [4.78, 5) is 19.0. The number of hydrogen-bond donors (Lipinski definition) is 0. The standard InChI is InChI=1S/C25H24N4O2/c1-20(29-19-26-18-27-29)25(30)28(23-10-6-3-7-11-23)16-21-12-14-24(15-13-21)31-17-22-8-4-2-5-9-22/h2-15,18-20H,16-17H2,1H3. The second kappa shape index (κ2) is 9.71. The number of aromatic nitrogens is 3. The number of benzene rings is 3. The van der Waals surface area contributed by atoms with E-state index in [2.05, 4.69) is 10.1 Å². The van der Waals surface area contributed by atoms with Gasteiger partial charge in [0.15, 0.2) is 0 Å². The van der Waals surface area contributed by atoms with E-state index in [4.69, 9.17) is 4.74 Å². The fraction of sp³-hybridized carbons (Fsp3) is 0.160. The maximum atomic E-state index is 13.3. The molecule has 1 amide bonds. The first-order chi connectivity index (χ1) is 15.2. The van der Waals surface area contributed by atoms with Gasteiger partial charge in [0.1, 0.15) is 31.1 Å². The summed E-state index contributed by atoms with van der Waals surface area (Å²) < 4.78 is 7.44. The number of rotatable bonds is 8. The average Bonchev–Trinajstić information content (AvgIpc) is 3.37. The van der Waals surface area contributed by atoms with Crippen LogP contribution in [0.4, 0.5) is 5.69 Å². The Morgan fingerprint density at radius 2 is 1.61 bits per heavy atom. The van der Waals surface area contributed by atoms with Crippen molar-refractivity contribution in [1.29, 1.82) is 0 Å². The summed E-state index contributed by atoms with van der Waals surface area (Å²) in [6, 6.07) is 27.1. The summed E-state index contributed by atoms with van der Waals surface area (Å²) in [5.41, 5.74) is 2.97. The molecule has 0 spiro atoms. The Morgan fingerprint density at radius 3 is 2.26 bits per heavy atom. The Labute approximate surface area is 181 Å². The topological polar surface area (TPSA) is 60.2 Å². The fourth-order valence-corrected chi connectivity index (χ4v) is 3.28. The number of hydrogen-bond acceptors (Lipinski definition) is 4. The van der Waals surface area contributed by atoms with Gasteiger partial charge >= 0.3 is 0 Å². The zero-order valence-electron chi connectivity index (χ0n) is 17.3. The van der Waals surface area contributed by atoms with Crippen LogP contribution >= 0.6 is 0 Å². The highest BCUT2D eigenvalue weighted by molar-refractivity contribution is 5.95. The van der Waals surface area contributed by atoms with Gasteiger partial charge in [-0.15, -0.1) is 0 Å². The lowest BCUT2D eigenvalue weighted by molar-refractivity contribution is -0.121. The third-order valence-electron chi connectivity index (χ3n) is 5.04. The van der Waals surface area contributed by atoms with Gasteiger partial charge in [0.2, 0.25) is 0 Å². The van der Waals surface area contributed by atoms with Crippen LogP contribution in [0.25, 0.3) is 0 Å². The van der Waals surface area contributed by atoms with Crippen LogP contribution in [0.5, 0.6) is 5.75 Å². The number of anilines is 1. The van der Waals surface area contributed by atoms with Crippen molar-refractivity contribution in [3.05, 3.63) is 109 Å². The number of nitrogens with zero attached hydrogens (tertiary/aromatic N) is 4. The van der Waals surface area contributed by atoms with Gasteiger partial charge in [0, 0.05) is 5.69 Å². The number of carbonyl (C=O) groups excluding carboxylic acids is 1. The van der Waals surface area contributed by atoms with Crippen LogP contribution in [0, 0.1) is 0 Å². The lowest BCUT2D eigenvalue weighted by Gasteiger charge is -2.26. The predicted molar refractivity (Wildman–Crippen MR) is 120 cm³/mol. The van der Waals surface area contributed by atoms with E-state index in [1.165, 1.54) is 6.33 Å². The van der Waals surface area contributed by atoms with Crippen molar-refractivity contribution in [2.45, 2.75) is 26.1 Å². The second-order valence-corrected chi connectivity index (χ2v) is 7.23. The van der Waals surface area contributed by atoms with Crippen molar-refractivity contribution >= 4 is 11.6 Å². The summed E-state index contributed by atoms with van der Waals surface area (Å²) >= 11 is 0. The molecule has 3 aromatic carbocycles. The molecule has 0 N–H and O–H groups in total. The molecule has 1 aromatic heterocycles. The smallest absolute Gasteiger partial charge is 0.251 e. The molecule has 0 fully saturated rings. The van der Waals surface area contributed by atoms with E-state index in [-0.39, 0.29) is 5.91 Å². The molecule has 1 heterocycles. The molecule has 6 nitrogen and oxygen atoms in total. The largest absolute Gasteiger partial charge is 0.489 e. The number of amides is 1. The van der Waals surface area contributed by atoms with E-state index < -0.39 is 6.04 Å². The van der Waals surface area contributed by atoms with Crippen LogP contribution in [0.2, 0.25) is 0 Å². The van der Waals surface area contributed by atoms with E-state index in [9.17, 15) is 4.79 Å². The molecule has 0 aliphatic carbocycles. The van der Waals surface area contributed by atoms with Crippen molar-refractivity contribution in [2.75, 3.05) is 4.90 Å². The van der Waals surface area contributed by atoms with Crippen LogP contribution in [-0.2, 0) is 17.9 Å². The number of para-hydroxylation sites is 1. The molecule has 1 atom stereocenters. The molecule has 0 aliphatic heterocycles. The molecule has 0 bridgehead atoms. The molecule has 4 rings (SSSR count).